The lowest BCUT2D eigenvalue weighted by Gasteiger charge is -2.18. The molecule has 4 rings (SSSR count). The van der Waals surface area contributed by atoms with Gasteiger partial charge in [-0.2, -0.15) is 0 Å². The number of carbonyl (C=O) groups excluding carboxylic acids is 1. The summed E-state index contributed by atoms with van der Waals surface area (Å²) in [6.45, 7) is 1.99. The van der Waals surface area contributed by atoms with Crippen LogP contribution >= 0.6 is 0 Å². The average molecular weight is 376 g/mol. The Balaban J connectivity index is 1.43. The van der Waals surface area contributed by atoms with Crippen LogP contribution in [0.3, 0.4) is 0 Å². The highest BCUT2D eigenvalue weighted by Gasteiger charge is 2.18. The molecule has 1 amide bonds. The quantitative estimate of drug-likeness (QED) is 0.656. The van der Waals surface area contributed by atoms with Gasteiger partial charge < -0.3 is 24.8 Å². The van der Waals surface area contributed by atoms with Crippen molar-refractivity contribution in [3.8, 4) is 23.0 Å². The molecule has 1 heterocycles. The number of rotatable bonds is 6. The smallest absolute Gasteiger partial charge is 0.246 e. The molecular weight excluding hydrogens is 356 g/mol. The number of carbonyl (C=O) groups is 1. The van der Waals surface area contributed by atoms with E-state index in [1.807, 2.05) is 54.6 Å². The molecule has 0 saturated heterocycles. The molecule has 0 aromatic heterocycles. The third kappa shape index (κ3) is 4.01. The van der Waals surface area contributed by atoms with Crippen molar-refractivity contribution in [2.24, 2.45) is 0 Å². The van der Waals surface area contributed by atoms with Gasteiger partial charge in [-0.1, -0.05) is 30.3 Å². The molecular formula is C22H20N2O4. The van der Waals surface area contributed by atoms with Gasteiger partial charge in [-0.05, 0) is 43.3 Å². The number of anilines is 2. The number of fused-ring (bicyclic) bond motifs is 1. The lowest BCUT2D eigenvalue weighted by molar-refractivity contribution is -0.116. The molecule has 6 nitrogen and oxygen atoms in total. The lowest BCUT2D eigenvalue weighted by Crippen LogP contribution is -2.31. The predicted molar refractivity (Wildman–Crippen MR) is 107 cm³/mol. The number of amides is 1. The zero-order valence-electron chi connectivity index (χ0n) is 15.3. The zero-order valence-corrected chi connectivity index (χ0v) is 15.3. The first-order chi connectivity index (χ1) is 13.7. The van der Waals surface area contributed by atoms with Crippen molar-refractivity contribution < 1.29 is 19.0 Å². The fourth-order valence-corrected chi connectivity index (χ4v) is 2.81. The van der Waals surface area contributed by atoms with E-state index in [4.69, 9.17) is 14.2 Å². The highest BCUT2D eigenvalue weighted by molar-refractivity contribution is 5.96. The normalized spacial score (nSPS) is 12.9. The van der Waals surface area contributed by atoms with E-state index in [0.717, 1.165) is 11.4 Å². The van der Waals surface area contributed by atoms with Gasteiger partial charge in [0.15, 0.2) is 17.2 Å². The molecule has 0 unspecified atom stereocenters. The maximum atomic E-state index is 12.6. The van der Waals surface area contributed by atoms with Crippen LogP contribution in [-0.2, 0) is 4.79 Å². The van der Waals surface area contributed by atoms with Gasteiger partial charge in [-0.3, -0.25) is 4.79 Å². The van der Waals surface area contributed by atoms with Crippen LogP contribution in [0, 0.1) is 0 Å². The van der Waals surface area contributed by atoms with E-state index in [-0.39, 0.29) is 12.7 Å². The molecule has 1 aliphatic rings. The summed E-state index contributed by atoms with van der Waals surface area (Å²) in [5, 5.41) is 6.09. The number of hydrogen-bond donors (Lipinski definition) is 2. The van der Waals surface area contributed by atoms with Crippen molar-refractivity contribution in [3.05, 3.63) is 72.8 Å². The van der Waals surface area contributed by atoms with E-state index in [9.17, 15) is 4.79 Å². The molecule has 3 aromatic rings. The molecule has 142 valence electrons. The van der Waals surface area contributed by atoms with Crippen LogP contribution in [0.15, 0.2) is 72.8 Å². The molecule has 0 saturated carbocycles. The van der Waals surface area contributed by atoms with Gasteiger partial charge in [0, 0.05) is 11.8 Å². The molecule has 0 radical (unpaired) electrons. The highest BCUT2D eigenvalue weighted by atomic mass is 16.7. The summed E-state index contributed by atoms with van der Waals surface area (Å²) in [6.07, 6.45) is 0. The average Bonchev–Trinajstić information content (AvgIpc) is 3.18. The van der Waals surface area contributed by atoms with Crippen molar-refractivity contribution >= 4 is 17.3 Å². The van der Waals surface area contributed by atoms with E-state index in [1.165, 1.54) is 0 Å². The van der Waals surface area contributed by atoms with Crippen LogP contribution in [0.2, 0.25) is 0 Å². The molecule has 28 heavy (non-hydrogen) atoms. The molecule has 6 heteroatoms. The number of nitrogens with one attached hydrogen (secondary N) is 2. The minimum atomic E-state index is -0.481. The summed E-state index contributed by atoms with van der Waals surface area (Å²) < 4.78 is 16.6. The molecule has 0 aliphatic carbocycles. The van der Waals surface area contributed by atoms with Crippen LogP contribution < -0.4 is 24.8 Å². The highest BCUT2D eigenvalue weighted by Crippen LogP contribution is 2.34. The second-order valence-electron chi connectivity index (χ2n) is 6.33. The topological polar surface area (TPSA) is 68.8 Å². The van der Waals surface area contributed by atoms with E-state index in [2.05, 4.69) is 10.6 Å². The van der Waals surface area contributed by atoms with E-state index in [0.29, 0.717) is 22.9 Å². The SMILES string of the molecule is C[C@H](Nc1ccccc1Oc1ccccc1)C(=O)Nc1ccc2c(c1)OCO2. The third-order valence-electron chi connectivity index (χ3n) is 4.26. The van der Waals surface area contributed by atoms with Gasteiger partial charge in [0.1, 0.15) is 11.8 Å². The predicted octanol–water partition coefficient (Wildman–Crippen LogP) is 4.65. The summed E-state index contributed by atoms with van der Waals surface area (Å²) in [5.41, 5.74) is 1.39. The van der Waals surface area contributed by atoms with Crippen molar-refractivity contribution in [1.82, 2.24) is 0 Å². The van der Waals surface area contributed by atoms with Gasteiger partial charge in [0.05, 0.1) is 5.69 Å². The summed E-state index contributed by atoms with van der Waals surface area (Å²) in [6, 6.07) is 21.9. The Bertz CT molecular complexity index is 975. The second-order valence-corrected chi connectivity index (χ2v) is 6.33. The fraction of sp³-hybridized carbons (Fsp3) is 0.136. The van der Waals surface area contributed by atoms with Crippen molar-refractivity contribution in [1.29, 1.82) is 0 Å². The first kappa shape index (κ1) is 17.7. The van der Waals surface area contributed by atoms with Crippen molar-refractivity contribution in [3.63, 3.8) is 0 Å². The van der Waals surface area contributed by atoms with Gasteiger partial charge >= 0.3 is 0 Å². The fourth-order valence-electron chi connectivity index (χ4n) is 2.81. The standard InChI is InChI=1S/C22H20N2O4/c1-15(22(25)24-16-11-12-20-21(13-16)27-14-26-20)23-18-9-5-6-10-19(18)28-17-7-3-2-4-8-17/h2-13,15,23H,14H2,1H3,(H,24,25)/t15-/m0/s1. The second kappa shape index (κ2) is 7.92. The molecule has 1 atom stereocenters. The molecule has 0 fully saturated rings. The third-order valence-corrected chi connectivity index (χ3v) is 4.26. The lowest BCUT2D eigenvalue weighted by atomic mass is 10.2. The minimum Gasteiger partial charge on any atom is -0.455 e. The Labute approximate surface area is 163 Å². The summed E-state index contributed by atoms with van der Waals surface area (Å²) in [4.78, 5) is 12.6. The van der Waals surface area contributed by atoms with Crippen LogP contribution in [0.1, 0.15) is 6.92 Å². The summed E-state index contributed by atoms with van der Waals surface area (Å²) in [5.74, 6) is 2.51. The summed E-state index contributed by atoms with van der Waals surface area (Å²) >= 11 is 0. The number of ether oxygens (including phenoxy) is 3. The Morgan fingerprint density at radius 3 is 2.57 bits per heavy atom. The Morgan fingerprint density at radius 1 is 0.964 bits per heavy atom. The number of para-hydroxylation sites is 3. The maximum absolute atomic E-state index is 12.6. The summed E-state index contributed by atoms with van der Waals surface area (Å²) in [7, 11) is 0. The van der Waals surface area contributed by atoms with Crippen molar-refractivity contribution in [2.45, 2.75) is 13.0 Å². The van der Waals surface area contributed by atoms with Crippen LogP contribution in [0.25, 0.3) is 0 Å². The van der Waals surface area contributed by atoms with Gasteiger partial charge in [0.25, 0.3) is 0 Å². The molecule has 0 spiro atoms. The molecule has 3 aromatic carbocycles. The minimum absolute atomic E-state index is 0.173. The molecule has 0 bridgehead atoms. The Kier molecular flexibility index (Phi) is 5.01. The van der Waals surface area contributed by atoms with Gasteiger partial charge in [0.2, 0.25) is 12.7 Å². The van der Waals surface area contributed by atoms with E-state index in [1.54, 1.807) is 25.1 Å². The zero-order chi connectivity index (χ0) is 19.3. The monoisotopic (exact) mass is 376 g/mol. The van der Waals surface area contributed by atoms with Crippen molar-refractivity contribution in [2.75, 3.05) is 17.4 Å². The molecule has 2 N–H and O–H groups in total. The molecule has 1 aliphatic heterocycles. The Hall–Kier alpha value is -3.67. The first-order valence-electron chi connectivity index (χ1n) is 8.98. The van der Waals surface area contributed by atoms with Crippen LogP contribution in [0.4, 0.5) is 11.4 Å². The number of hydrogen-bond acceptors (Lipinski definition) is 5. The van der Waals surface area contributed by atoms with Crippen LogP contribution in [0.5, 0.6) is 23.0 Å². The van der Waals surface area contributed by atoms with Gasteiger partial charge in [-0.15, -0.1) is 0 Å². The first-order valence-corrected chi connectivity index (χ1v) is 8.98. The largest absolute Gasteiger partial charge is 0.455 e. The Morgan fingerprint density at radius 2 is 1.71 bits per heavy atom. The maximum Gasteiger partial charge on any atom is 0.246 e. The number of benzene rings is 3. The van der Waals surface area contributed by atoms with Gasteiger partial charge in [-0.25, -0.2) is 0 Å². The van der Waals surface area contributed by atoms with Crippen LogP contribution in [-0.4, -0.2) is 18.7 Å². The van der Waals surface area contributed by atoms with E-state index >= 15 is 0 Å². The van der Waals surface area contributed by atoms with E-state index < -0.39 is 6.04 Å².